The summed E-state index contributed by atoms with van der Waals surface area (Å²) in [5.74, 6) is 0.833. The summed E-state index contributed by atoms with van der Waals surface area (Å²) in [6.45, 7) is 7.40. The molecule has 2 unspecified atom stereocenters. The van der Waals surface area contributed by atoms with Crippen molar-refractivity contribution in [3.8, 4) is 0 Å². The third kappa shape index (κ3) is 9.14. The van der Waals surface area contributed by atoms with E-state index >= 15 is 0 Å². The highest BCUT2D eigenvalue weighted by atomic mass is 127. The molecule has 2 aromatic carbocycles. The average Bonchev–Trinajstić information content (AvgIpc) is 2.73. The van der Waals surface area contributed by atoms with Crippen LogP contribution in [0.5, 0.6) is 0 Å². The van der Waals surface area contributed by atoms with Crippen molar-refractivity contribution < 1.29 is 5.11 Å². The molecule has 0 amide bonds. The minimum atomic E-state index is 0. The van der Waals surface area contributed by atoms with Gasteiger partial charge >= 0.3 is 0 Å². The Kier molecular flexibility index (Phi) is 12.6. The molecule has 2 aromatic rings. The van der Waals surface area contributed by atoms with E-state index in [9.17, 15) is 5.11 Å². The van der Waals surface area contributed by atoms with Crippen molar-refractivity contribution in [2.45, 2.75) is 32.4 Å². The van der Waals surface area contributed by atoms with E-state index in [0.717, 1.165) is 24.6 Å². The van der Waals surface area contributed by atoms with Crippen LogP contribution in [0.2, 0.25) is 0 Å². The minimum absolute atomic E-state index is 0. The van der Waals surface area contributed by atoms with E-state index < -0.39 is 0 Å². The van der Waals surface area contributed by atoms with Gasteiger partial charge in [-0.05, 0) is 32.0 Å². The van der Waals surface area contributed by atoms with Gasteiger partial charge in [-0.25, -0.2) is 0 Å². The summed E-state index contributed by atoms with van der Waals surface area (Å²) < 4.78 is 0. The normalized spacial score (nSPS) is 13.5. The number of nitrogens with one attached hydrogen (secondary N) is 2. The summed E-state index contributed by atoms with van der Waals surface area (Å²) in [5.41, 5.74) is 2.43. The van der Waals surface area contributed by atoms with Crippen LogP contribution in [0.15, 0.2) is 65.7 Å². The Hall–Kier alpha value is -1.64. The van der Waals surface area contributed by atoms with Crippen molar-refractivity contribution in [2.75, 3.05) is 33.3 Å². The predicted molar refractivity (Wildman–Crippen MR) is 133 cm³/mol. The van der Waals surface area contributed by atoms with Crippen molar-refractivity contribution in [2.24, 2.45) is 4.99 Å². The highest BCUT2D eigenvalue weighted by Crippen LogP contribution is 2.13. The molecule has 0 aliphatic heterocycles. The minimum Gasteiger partial charge on any atom is -0.396 e. The largest absolute Gasteiger partial charge is 0.396 e. The van der Waals surface area contributed by atoms with E-state index in [1.54, 1.807) is 0 Å². The van der Waals surface area contributed by atoms with Crippen molar-refractivity contribution >= 4 is 29.9 Å². The van der Waals surface area contributed by atoms with E-state index in [2.05, 4.69) is 60.7 Å². The molecule has 2 rings (SSSR count). The Balaban J connectivity index is 0.00000420. The zero-order chi connectivity index (χ0) is 20.2. The summed E-state index contributed by atoms with van der Waals surface area (Å²) in [6, 6.07) is 20.9. The number of aliphatic hydroxyl groups excluding tert-OH is 1. The van der Waals surface area contributed by atoms with Crippen LogP contribution in [0, 0.1) is 0 Å². The number of benzene rings is 2. The van der Waals surface area contributed by atoms with Crippen LogP contribution < -0.4 is 10.6 Å². The maximum Gasteiger partial charge on any atom is 0.191 e. The number of aliphatic hydroxyl groups is 1. The van der Waals surface area contributed by atoms with Gasteiger partial charge in [-0.3, -0.25) is 9.89 Å². The van der Waals surface area contributed by atoms with E-state index in [1.165, 1.54) is 5.56 Å². The van der Waals surface area contributed by atoms with E-state index in [4.69, 9.17) is 4.99 Å². The van der Waals surface area contributed by atoms with Gasteiger partial charge in [0.2, 0.25) is 0 Å². The zero-order valence-electron chi connectivity index (χ0n) is 17.7. The van der Waals surface area contributed by atoms with Gasteiger partial charge in [0.05, 0.1) is 13.2 Å². The summed E-state index contributed by atoms with van der Waals surface area (Å²) >= 11 is 0. The molecule has 3 N–H and O–H groups in total. The molecule has 0 aliphatic rings. The molecule has 160 valence electrons. The van der Waals surface area contributed by atoms with E-state index in [0.29, 0.717) is 19.1 Å². The standard InChI is InChI=1S/C23H34N4O.HI/c1-4-24-23(26-16-22(18-28)21-13-9-6-10-14-21)25-15-19(2)27(3)17-20-11-7-5-8-12-20;/h5-14,19,22,28H,4,15-18H2,1-3H3,(H2,24,25,26);1H. The van der Waals surface area contributed by atoms with Crippen molar-refractivity contribution in [1.82, 2.24) is 15.5 Å². The number of halogens is 1. The van der Waals surface area contributed by atoms with Gasteiger partial charge in [0.1, 0.15) is 0 Å². The first-order chi connectivity index (χ1) is 13.6. The molecule has 0 aliphatic carbocycles. The number of nitrogens with zero attached hydrogens (tertiary/aromatic N) is 2. The highest BCUT2D eigenvalue weighted by Gasteiger charge is 2.12. The van der Waals surface area contributed by atoms with Crippen LogP contribution in [-0.4, -0.2) is 55.3 Å². The number of likely N-dealkylation sites (N-methyl/N-ethyl adjacent to an activating group) is 1. The van der Waals surface area contributed by atoms with Gasteiger partial charge in [0, 0.05) is 31.6 Å². The molecule has 2 atom stereocenters. The Morgan fingerprint density at radius 3 is 2.24 bits per heavy atom. The lowest BCUT2D eigenvalue weighted by atomic mass is 10.0. The molecule has 6 heteroatoms. The molecule has 0 saturated heterocycles. The lowest BCUT2D eigenvalue weighted by molar-refractivity contribution is 0.254. The first kappa shape index (κ1) is 25.4. The monoisotopic (exact) mass is 510 g/mol. The number of hydrogen-bond acceptors (Lipinski definition) is 3. The molecule has 5 nitrogen and oxygen atoms in total. The average molecular weight is 510 g/mol. The Bertz CT molecular complexity index is 697. The quantitative estimate of drug-likeness (QED) is 0.261. The van der Waals surface area contributed by atoms with Gasteiger partial charge in [0.15, 0.2) is 5.96 Å². The second kappa shape index (κ2) is 14.4. The fraction of sp³-hybridized carbons (Fsp3) is 0.435. The van der Waals surface area contributed by atoms with Crippen LogP contribution in [0.25, 0.3) is 0 Å². The number of hydrogen-bond donors (Lipinski definition) is 3. The smallest absolute Gasteiger partial charge is 0.191 e. The first-order valence-corrected chi connectivity index (χ1v) is 10.1. The Labute approximate surface area is 192 Å². The van der Waals surface area contributed by atoms with Crippen LogP contribution in [-0.2, 0) is 6.54 Å². The highest BCUT2D eigenvalue weighted by molar-refractivity contribution is 14.0. The molecule has 0 saturated carbocycles. The summed E-state index contributed by atoms with van der Waals surface area (Å²) in [7, 11) is 2.13. The molecule has 0 spiro atoms. The topological polar surface area (TPSA) is 59.9 Å². The lowest BCUT2D eigenvalue weighted by Gasteiger charge is -2.24. The van der Waals surface area contributed by atoms with Gasteiger partial charge in [-0.2, -0.15) is 0 Å². The van der Waals surface area contributed by atoms with Crippen molar-refractivity contribution in [1.29, 1.82) is 0 Å². The zero-order valence-corrected chi connectivity index (χ0v) is 20.0. The Morgan fingerprint density at radius 2 is 1.66 bits per heavy atom. The molecule has 0 fully saturated rings. The maximum absolute atomic E-state index is 9.75. The third-order valence-electron chi connectivity index (χ3n) is 4.89. The maximum atomic E-state index is 9.75. The summed E-state index contributed by atoms with van der Waals surface area (Å²) in [5, 5.41) is 16.4. The fourth-order valence-electron chi connectivity index (χ4n) is 2.96. The molecule has 29 heavy (non-hydrogen) atoms. The number of aliphatic imine (C=N–C) groups is 1. The van der Waals surface area contributed by atoms with Gasteiger partial charge in [-0.15, -0.1) is 24.0 Å². The van der Waals surface area contributed by atoms with Gasteiger partial charge in [-0.1, -0.05) is 60.7 Å². The molecule has 0 heterocycles. The van der Waals surface area contributed by atoms with Crippen molar-refractivity contribution in [3.63, 3.8) is 0 Å². The van der Waals surface area contributed by atoms with Crippen LogP contribution in [0.4, 0.5) is 0 Å². The van der Waals surface area contributed by atoms with Crippen LogP contribution >= 0.6 is 24.0 Å². The lowest BCUT2D eigenvalue weighted by Crippen LogP contribution is -2.41. The second-order valence-electron chi connectivity index (χ2n) is 7.14. The fourth-order valence-corrected chi connectivity index (χ4v) is 2.96. The summed E-state index contributed by atoms with van der Waals surface area (Å²) in [4.78, 5) is 7.06. The Morgan fingerprint density at radius 1 is 1.03 bits per heavy atom. The number of guanidine groups is 1. The third-order valence-corrected chi connectivity index (χ3v) is 4.89. The molecule has 0 aromatic heterocycles. The molecule has 0 bridgehead atoms. The van der Waals surface area contributed by atoms with E-state index in [1.807, 2.05) is 36.4 Å². The van der Waals surface area contributed by atoms with Crippen molar-refractivity contribution in [3.05, 3.63) is 71.8 Å². The van der Waals surface area contributed by atoms with Crippen LogP contribution in [0.3, 0.4) is 0 Å². The first-order valence-electron chi connectivity index (χ1n) is 10.1. The van der Waals surface area contributed by atoms with E-state index in [-0.39, 0.29) is 36.5 Å². The SMILES string of the molecule is CCNC(=NCC(C)N(C)Cc1ccccc1)NCC(CO)c1ccccc1.I. The summed E-state index contributed by atoms with van der Waals surface area (Å²) in [6.07, 6.45) is 0. The van der Waals surface area contributed by atoms with Gasteiger partial charge < -0.3 is 15.7 Å². The second-order valence-corrected chi connectivity index (χ2v) is 7.14. The van der Waals surface area contributed by atoms with Gasteiger partial charge in [0.25, 0.3) is 0 Å². The number of rotatable bonds is 10. The molecule has 0 radical (unpaired) electrons. The molecular formula is C23H35IN4O. The molecular weight excluding hydrogens is 475 g/mol. The predicted octanol–water partition coefficient (Wildman–Crippen LogP) is 3.46. The van der Waals surface area contributed by atoms with Crippen LogP contribution in [0.1, 0.15) is 30.9 Å².